The molecule has 1 saturated carbocycles. The Bertz CT molecular complexity index is 1110. The standard InChI is InChI=1S/C23H31N7O/c1-16-8-9-20-17(14-16)15-19(23(31)24-20)21(29-12-10-28(2)11-13-29)22-25-26-27-30(22)18-6-4-3-5-7-18/h8-9,14-15,18,21H,3-7,10-13H2,1-2H3,(H,24,31)/t21-/m0/s1. The van der Waals surface area contributed by atoms with Gasteiger partial charge in [0.15, 0.2) is 5.82 Å². The molecule has 1 atom stereocenters. The van der Waals surface area contributed by atoms with Crippen molar-refractivity contribution in [2.45, 2.75) is 51.1 Å². The SMILES string of the molecule is Cc1ccc2[nH]c(=O)c([C@@H](c3nnnn3C3CCCCC3)N3CCN(C)CC3)cc2c1. The monoisotopic (exact) mass is 421 g/mol. The Labute approximate surface area is 182 Å². The smallest absolute Gasteiger partial charge is 0.253 e. The van der Waals surface area contributed by atoms with Gasteiger partial charge < -0.3 is 9.88 Å². The summed E-state index contributed by atoms with van der Waals surface area (Å²) in [6, 6.07) is 8.24. The van der Waals surface area contributed by atoms with Gasteiger partial charge in [0.2, 0.25) is 0 Å². The predicted molar refractivity (Wildman–Crippen MR) is 120 cm³/mol. The van der Waals surface area contributed by atoms with Crippen LogP contribution in [0.5, 0.6) is 0 Å². The minimum atomic E-state index is -0.251. The summed E-state index contributed by atoms with van der Waals surface area (Å²) in [5.74, 6) is 0.800. The number of likely N-dealkylation sites (N-methyl/N-ethyl adjacent to an activating group) is 1. The van der Waals surface area contributed by atoms with Crippen LogP contribution >= 0.6 is 0 Å². The Morgan fingerprint density at radius 3 is 2.61 bits per heavy atom. The van der Waals surface area contributed by atoms with Gasteiger partial charge in [0.1, 0.15) is 6.04 Å². The normalized spacial score (nSPS) is 20.3. The average Bonchev–Trinajstić information content (AvgIpc) is 3.26. The highest BCUT2D eigenvalue weighted by Crippen LogP contribution is 2.33. The first-order valence-electron chi connectivity index (χ1n) is 11.4. The van der Waals surface area contributed by atoms with E-state index in [-0.39, 0.29) is 11.6 Å². The van der Waals surface area contributed by atoms with E-state index in [2.05, 4.69) is 50.3 Å². The molecule has 1 N–H and O–H groups in total. The maximum Gasteiger partial charge on any atom is 0.253 e. The lowest BCUT2D eigenvalue weighted by Gasteiger charge is -2.37. The number of rotatable bonds is 4. The van der Waals surface area contributed by atoms with Crippen molar-refractivity contribution in [2.24, 2.45) is 0 Å². The van der Waals surface area contributed by atoms with Gasteiger partial charge in [0.05, 0.1) is 6.04 Å². The second-order valence-corrected chi connectivity index (χ2v) is 9.16. The molecular weight excluding hydrogens is 390 g/mol. The zero-order valence-corrected chi connectivity index (χ0v) is 18.4. The summed E-state index contributed by atoms with van der Waals surface area (Å²) in [6.45, 7) is 5.76. The topological polar surface area (TPSA) is 82.9 Å². The minimum Gasteiger partial charge on any atom is -0.322 e. The number of H-pyrrole nitrogens is 1. The van der Waals surface area contributed by atoms with E-state index in [1.54, 1.807) is 0 Å². The van der Waals surface area contributed by atoms with Crippen molar-refractivity contribution < 1.29 is 0 Å². The van der Waals surface area contributed by atoms with Crippen molar-refractivity contribution in [2.75, 3.05) is 33.2 Å². The molecule has 31 heavy (non-hydrogen) atoms. The van der Waals surface area contributed by atoms with Crippen molar-refractivity contribution in [1.82, 2.24) is 35.0 Å². The molecule has 0 unspecified atom stereocenters. The molecule has 1 aromatic carbocycles. The van der Waals surface area contributed by atoms with E-state index in [1.807, 2.05) is 22.9 Å². The number of nitrogens with one attached hydrogen (secondary N) is 1. The highest BCUT2D eigenvalue weighted by Gasteiger charge is 2.34. The molecule has 2 aliphatic rings. The number of hydrogen-bond acceptors (Lipinski definition) is 6. The molecule has 2 aromatic heterocycles. The zero-order chi connectivity index (χ0) is 21.4. The number of aromatic amines is 1. The second-order valence-electron chi connectivity index (χ2n) is 9.16. The summed E-state index contributed by atoms with van der Waals surface area (Å²) >= 11 is 0. The summed E-state index contributed by atoms with van der Waals surface area (Å²) < 4.78 is 2.02. The molecule has 0 amide bonds. The van der Waals surface area contributed by atoms with Gasteiger partial charge in [-0.2, -0.15) is 0 Å². The van der Waals surface area contributed by atoms with Gasteiger partial charge in [-0.15, -0.1) is 5.10 Å². The molecule has 8 heteroatoms. The molecule has 0 bridgehead atoms. The van der Waals surface area contributed by atoms with Gasteiger partial charge >= 0.3 is 0 Å². The van der Waals surface area contributed by atoms with Gasteiger partial charge in [-0.3, -0.25) is 9.69 Å². The van der Waals surface area contributed by atoms with E-state index in [0.717, 1.165) is 61.3 Å². The van der Waals surface area contributed by atoms with E-state index < -0.39 is 0 Å². The Hall–Kier alpha value is -2.58. The van der Waals surface area contributed by atoms with E-state index in [4.69, 9.17) is 0 Å². The summed E-state index contributed by atoms with van der Waals surface area (Å²) in [5, 5.41) is 14.0. The van der Waals surface area contributed by atoms with Crippen molar-refractivity contribution in [3.8, 4) is 0 Å². The Balaban J connectivity index is 1.62. The number of fused-ring (bicyclic) bond motifs is 1. The Morgan fingerprint density at radius 2 is 1.84 bits per heavy atom. The van der Waals surface area contributed by atoms with Crippen LogP contribution in [0.15, 0.2) is 29.1 Å². The number of aryl methyl sites for hydroxylation is 1. The molecular formula is C23H31N7O. The molecule has 3 aromatic rings. The van der Waals surface area contributed by atoms with Gasteiger partial charge in [-0.05, 0) is 60.8 Å². The minimum absolute atomic E-state index is 0.0570. The Kier molecular flexibility index (Phi) is 5.58. The number of pyridine rings is 1. The van der Waals surface area contributed by atoms with Crippen LogP contribution in [-0.2, 0) is 0 Å². The van der Waals surface area contributed by atoms with Gasteiger partial charge in [-0.1, -0.05) is 30.9 Å². The highest BCUT2D eigenvalue weighted by atomic mass is 16.1. The van der Waals surface area contributed by atoms with E-state index in [1.165, 1.54) is 24.8 Å². The molecule has 5 rings (SSSR count). The van der Waals surface area contributed by atoms with E-state index >= 15 is 0 Å². The summed E-state index contributed by atoms with van der Waals surface area (Å²) in [6.07, 6.45) is 5.89. The van der Waals surface area contributed by atoms with Crippen LogP contribution in [0.2, 0.25) is 0 Å². The Morgan fingerprint density at radius 1 is 1.06 bits per heavy atom. The van der Waals surface area contributed by atoms with Crippen molar-refractivity contribution >= 4 is 10.9 Å². The fourth-order valence-electron chi connectivity index (χ4n) is 5.09. The summed E-state index contributed by atoms with van der Waals surface area (Å²) in [7, 11) is 2.14. The number of aromatic nitrogens is 5. The fourth-order valence-corrected chi connectivity index (χ4v) is 5.09. The lowest BCUT2D eigenvalue weighted by atomic mass is 9.95. The van der Waals surface area contributed by atoms with Crippen molar-refractivity contribution in [1.29, 1.82) is 0 Å². The molecule has 0 spiro atoms. The number of piperazine rings is 1. The third-order valence-electron chi connectivity index (χ3n) is 6.91. The van der Waals surface area contributed by atoms with Gasteiger partial charge in [0.25, 0.3) is 5.56 Å². The lowest BCUT2D eigenvalue weighted by Crippen LogP contribution is -2.47. The number of tetrazole rings is 1. The maximum atomic E-state index is 13.3. The third kappa shape index (κ3) is 4.02. The van der Waals surface area contributed by atoms with E-state index in [9.17, 15) is 4.79 Å². The molecule has 1 aliphatic heterocycles. The number of nitrogens with zero attached hydrogens (tertiary/aromatic N) is 6. The first-order valence-corrected chi connectivity index (χ1v) is 11.4. The molecule has 164 valence electrons. The van der Waals surface area contributed by atoms with Crippen LogP contribution in [0, 0.1) is 6.92 Å². The quantitative estimate of drug-likeness (QED) is 0.697. The first kappa shape index (κ1) is 20.3. The van der Waals surface area contributed by atoms with Crippen LogP contribution < -0.4 is 5.56 Å². The molecule has 1 aliphatic carbocycles. The van der Waals surface area contributed by atoms with Crippen LogP contribution in [-0.4, -0.2) is 68.2 Å². The van der Waals surface area contributed by atoms with Crippen LogP contribution in [0.3, 0.4) is 0 Å². The molecule has 0 radical (unpaired) electrons. The summed E-state index contributed by atoms with van der Waals surface area (Å²) in [4.78, 5) is 21.1. The second kappa shape index (κ2) is 8.51. The number of hydrogen-bond donors (Lipinski definition) is 1. The zero-order valence-electron chi connectivity index (χ0n) is 18.4. The molecule has 1 saturated heterocycles. The third-order valence-corrected chi connectivity index (χ3v) is 6.91. The molecule has 3 heterocycles. The highest BCUT2D eigenvalue weighted by molar-refractivity contribution is 5.79. The van der Waals surface area contributed by atoms with Crippen LogP contribution in [0.1, 0.15) is 61.1 Å². The van der Waals surface area contributed by atoms with E-state index in [0.29, 0.717) is 6.04 Å². The number of benzene rings is 1. The first-order chi connectivity index (χ1) is 15.1. The van der Waals surface area contributed by atoms with Crippen molar-refractivity contribution in [3.05, 3.63) is 51.6 Å². The van der Waals surface area contributed by atoms with Gasteiger partial charge in [0, 0.05) is 37.3 Å². The lowest BCUT2D eigenvalue weighted by molar-refractivity contribution is 0.119. The molecule has 2 fully saturated rings. The predicted octanol–water partition coefficient (Wildman–Crippen LogP) is 2.67. The fraction of sp³-hybridized carbons (Fsp3) is 0.565. The summed E-state index contributed by atoms with van der Waals surface area (Å²) in [5.41, 5.74) is 2.71. The van der Waals surface area contributed by atoms with Crippen LogP contribution in [0.25, 0.3) is 10.9 Å². The molecule has 8 nitrogen and oxygen atoms in total. The van der Waals surface area contributed by atoms with Crippen molar-refractivity contribution in [3.63, 3.8) is 0 Å². The van der Waals surface area contributed by atoms with Gasteiger partial charge in [-0.25, -0.2) is 4.68 Å². The maximum absolute atomic E-state index is 13.3. The largest absolute Gasteiger partial charge is 0.322 e. The average molecular weight is 422 g/mol. The van der Waals surface area contributed by atoms with Crippen LogP contribution in [0.4, 0.5) is 0 Å².